The lowest BCUT2D eigenvalue weighted by Gasteiger charge is -2.35. The first-order chi connectivity index (χ1) is 16.0. The van der Waals surface area contributed by atoms with Crippen molar-refractivity contribution in [2.75, 3.05) is 32.7 Å². The molecular formula is C27H38N4O2. The van der Waals surface area contributed by atoms with Gasteiger partial charge < -0.3 is 15.5 Å². The largest absolute Gasteiger partial charge is 0.356 e. The summed E-state index contributed by atoms with van der Waals surface area (Å²) < 4.78 is 0. The average molecular weight is 451 g/mol. The van der Waals surface area contributed by atoms with Crippen LogP contribution < -0.4 is 10.6 Å². The van der Waals surface area contributed by atoms with Crippen LogP contribution in [0.2, 0.25) is 0 Å². The molecule has 2 saturated heterocycles. The quantitative estimate of drug-likeness (QED) is 0.649. The van der Waals surface area contributed by atoms with Gasteiger partial charge in [-0.2, -0.15) is 0 Å². The fraction of sp³-hybridized carbons (Fsp3) is 0.556. The van der Waals surface area contributed by atoms with Crippen molar-refractivity contribution in [3.63, 3.8) is 0 Å². The highest BCUT2D eigenvalue weighted by Crippen LogP contribution is 2.22. The second-order valence-corrected chi connectivity index (χ2v) is 9.87. The second-order valence-electron chi connectivity index (χ2n) is 9.87. The Bertz CT molecular complexity index is 952. The molecule has 0 aliphatic carbocycles. The van der Waals surface area contributed by atoms with Gasteiger partial charge in [-0.05, 0) is 74.5 Å². The number of rotatable bonds is 8. The van der Waals surface area contributed by atoms with Crippen LogP contribution in [0.25, 0.3) is 10.8 Å². The van der Waals surface area contributed by atoms with Gasteiger partial charge in [0.1, 0.15) is 0 Å². The van der Waals surface area contributed by atoms with E-state index in [1.165, 1.54) is 29.2 Å². The Kier molecular flexibility index (Phi) is 7.99. The van der Waals surface area contributed by atoms with Gasteiger partial charge in [0.2, 0.25) is 11.8 Å². The Hall–Kier alpha value is -2.44. The average Bonchev–Trinajstić information content (AvgIpc) is 2.81. The van der Waals surface area contributed by atoms with Crippen LogP contribution in [0, 0.1) is 5.92 Å². The highest BCUT2D eigenvalue weighted by Gasteiger charge is 2.31. The predicted octanol–water partition coefficient (Wildman–Crippen LogP) is 3.16. The molecule has 0 spiro atoms. The number of piperazine rings is 1. The molecule has 2 aromatic carbocycles. The highest BCUT2D eigenvalue weighted by molar-refractivity contribution is 5.89. The van der Waals surface area contributed by atoms with Gasteiger partial charge in [-0.25, -0.2) is 0 Å². The van der Waals surface area contributed by atoms with Gasteiger partial charge in [-0.3, -0.25) is 14.5 Å². The predicted molar refractivity (Wildman–Crippen MR) is 133 cm³/mol. The van der Waals surface area contributed by atoms with E-state index >= 15 is 0 Å². The molecule has 2 aliphatic heterocycles. The zero-order chi connectivity index (χ0) is 23.2. The summed E-state index contributed by atoms with van der Waals surface area (Å²) in [5.74, 6) is 0.612. The third-order valence-electron chi connectivity index (χ3n) is 7.27. The SMILES string of the molecule is CC(C)N1CCC(CCNC(=O)C[C@H]2C(=O)NCCN2Cc2ccc3ccccc3c2)CC1. The van der Waals surface area contributed by atoms with Crippen molar-refractivity contribution < 1.29 is 9.59 Å². The number of carbonyl (C=O) groups excluding carboxylic acids is 2. The number of nitrogens with zero attached hydrogens (tertiary/aromatic N) is 2. The molecule has 2 amide bonds. The van der Waals surface area contributed by atoms with Gasteiger partial charge in [0.15, 0.2) is 0 Å². The van der Waals surface area contributed by atoms with E-state index < -0.39 is 6.04 Å². The van der Waals surface area contributed by atoms with Crippen LogP contribution in [0.15, 0.2) is 42.5 Å². The Balaban J connectivity index is 1.27. The summed E-state index contributed by atoms with van der Waals surface area (Å²) >= 11 is 0. The first-order valence-electron chi connectivity index (χ1n) is 12.5. The number of hydrogen-bond acceptors (Lipinski definition) is 4. The van der Waals surface area contributed by atoms with Crippen molar-refractivity contribution in [2.24, 2.45) is 5.92 Å². The maximum absolute atomic E-state index is 12.7. The fourth-order valence-corrected chi connectivity index (χ4v) is 5.17. The minimum atomic E-state index is -0.417. The zero-order valence-electron chi connectivity index (χ0n) is 20.1. The molecule has 2 fully saturated rings. The molecule has 0 aromatic heterocycles. The molecule has 0 radical (unpaired) electrons. The van der Waals surface area contributed by atoms with E-state index in [1.54, 1.807) is 0 Å². The molecule has 4 rings (SSSR count). The van der Waals surface area contributed by atoms with Crippen LogP contribution >= 0.6 is 0 Å². The van der Waals surface area contributed by atoms with Crippen LogP contribution in [0.5, 0.6) is 0 Å². The maximum atomic E-state index is 12.7. The minimum absolute atomic E-state index is 0.0276. The van der Waals surface area contributed by atoms with Crippen LogP contribution in [0.3, 0.4) is 0 Å². The lowest BCUT2D eigenvalue weighted by atomic mass is 9.93. The molecule has 2 aliphatic rings. The van der Waals surface area contributed by atoms with Gasteiger partial charge in [0, 0.05) is 32.2 Å². The van der Waals surface area contributed by atoms with E-state index in [4.69, 9.17) is 0 Å². The van der Waals surface area contributed by atoms with Crippen LogP contribution in [-0.2, 0) is 16.1 Å². The molecule has 33 heavy (non-hydrogen) atoms. The number of likely N-dealkylation sites (tertiary alicyclic amines) is 1. The standard InChI is InChI=1S/C27H38N4O2/c1-20(2)30-14-10-21(11-15-30)9-12-28-26(32)18-25-27(33)29-13-16-31(25)19-22-7-8-23-5-3-4-6-24(23)17-22/h3-8,17,20-21,25H,9-16,18-19H2,1-2H3,(H,28,32)(H,29,33)/t25-/m0/s1. The van der Waals surface area contributed by atoms with Crippen molar-refractivity contribution in [2.45, 2.75) is 58.2 Å². The molecule has 1 atom stereocenters. The van der Waals surface area contributed by atoms with Crippen molar-refractivity contribution in [1.29, 1.82) is 0 Å². The second kappa shape index (κ2) is 11.1. The Morgan fingerprint density at radius 2 is 1.85 bits per heavy atom. The van der Waals surface area contributed by atoms with Gasteiger partial charge in [-0.1, -0.05) is 36.4 Å². The maximum Gasteiger partial charge on any atom is 0.237 e. The first kappa shape index (κ1) is 23.7. The number of benzene rings is 2. The Labute approximate surface area is 197 Å². The van der Waals surface area contributed by atoms with Crippen molar-refractivity contribution in [3.8, 4) is 0 Å². The van der Waals surface area contributed by atoms with E-state index in [2.05, 4.69) is 64.6 Å². The number of amides is 2. The summed E-state index contributed by atoms with van der Waals surface area (Å²) in [5, 5.41) is 8.43. The fourth-order valence-electron chi connectivity index (χ4n) is 5.17. The van der Waals surface area contributed by atoms with Gasteiger partial charge in [-0.15, -0.1) is 0 Å². The van der Waals surface area contributed by atoms with E-state index in [9.17, 15) is 9.59 Å². The lowest BCUT2D eigenvalue weighted by Crippen LogP contribution is -2.56. The summed E-state index contributed by atoms with van der Waals surface area (Å²) in [6, 6.07) is 14.9. The van der Waals surface area contributed by atoms with Crippen LogP contribution in [-0.4, -0.2) is 66.4 Å². The summed E-state index contributed by atoms with van der Waals surface area (Å²) in [4.78, 5) is 30.0. The molecule has 2 aromatic rings. The number of carbonyl (C=O) groups is 2. The first-order valence-corrected chi connectivity index (χ1v) is 12.5. The monoisotopic (exact) mass is 450 g/mol. The Morgan fingerprint density at radius 3 is 2.61 bits per heavy atom. The Morgan fingerprint density at radius 1 is 1.09 bits per heavy atom. The topological polar surface area (TPSA) is 64.7 Å². The van der Waals surface area contributed by atoms with Crippen LogP contribution in [0.1, 0.15) is 45.1 Å². The summed E-state index contributed by atoms with van der Waals surface area (Å²) in [6.45, 7) is 9.57. The van der Waals surface area contributed by atoms with Gasteiger partial charge in [0.05, 0.1) is 12.5 Å². The number of hydrogen-bond donors (Lipinski definition) is 2. The molecule has 178 valence electrons. The lowest BCUT2D eigenvalue weighted by molar-refractivity contribution is -0.134. The molecule has 0 bridgehead atoms. The smallest absolute Gasteiger partial charge is 0.237 e. The molecule has 6 heteroatoms. The number of fused-ring (bicyclic) bond motifs is 1. The van der Waals surface area contributed by atoms with E-state index in [-0.39, 0.29) is 18.2 Å². The van der Waals surface area contributed by atoms with Gasteiger partial charge in [0.25, 0.3) is 0 Å². The molecule has 6 nitrogen and oxygen atoms in total. The summed E-state index contributed by atoms with van der Waals surface area (Å²) in [6.07, 6.45) is 3.65. The van der Waals surface area contributed by atoms with Crippen LogP contribution in [0.4, 0.5) is 0 Å². The summed E-state index contributed by atoms with van der Waals surface area (Å²) in [7, 11) is 0. The number of piperidine rings is 1. The zero-order valence-corrected chi connectivity index (χ0v) is 20.1. The molecule has 2 N–H and O–H groups in total. The third kappa shape index (κ3) is 6.33. The third-order valence-corrected chi connectivity index (χ3v) is 7.27. The minimum Gasteiger partial charge on any atom is -0.356 e. The molecule has 0 saturated carbocycles. The number of nitrogens with one attached hydrogen (secondary N) is 2. The van der Waals surface area contributed by atoms with Crippen molar-refractivity contribution >= 4 is 22.6 Å². The molecule has 2 heterocycles. The van der Waals surface area contributed by atoms with E-state index in [1.807, 2.05) is 12.1 Å². The van der Waals surface area contributed by atoms with E-state index in [0.29, 0.717) is 31.6 Å². The molecule has 0 unspecified atom stereocenters. The normalized spacial score (nSPS) is 20.8. The van der Waals surface area contributed by atoms with Gasteiger partial charge >= 0.3 is 0 Å². The van der Waals surface area contributed by atoms with Crippen molar-refractivity contribution in [3.05, 3.63) is 48.0 Å². The van der Waals surface area contributed by atoms with Crippen molar-refractivity contribution in [1.82, 2.24) is 20.4 Å². The van der Waals surface area contributed by atoms with E-state index in [0.717, 1.165) is 26.1 Å². The summed E-state index contributed by atoms with van der Waals surface area (Å²) in [5.41, 5.74) is 1.17. The molecular weight excluding hydrogens is 412 g/mol. The highest BCUT2D eigenvalue weighted by atomic mass is 16.2.